The molecule has 0 spiro atoms. The van der Waals surface area contributed by atoms with Gasteiger partial charge in [0.1, 0.15) is 11.9 Å². The highest BCUT2D eigenvalue weighted by Crippen LogP contribution is 2.32. The van der Waals surface area contributed by atoms with Crippen molar-refractivity contribution in [1.29, 1.82) is 0 Å². The SMILES string of the molecule is C/C1=C/CC(/C(C)=C/c2ccccc2)OC(=O)CCC(C)(C)C(=O)C(C)C(O)[C@@H](C)CCC1. The van der Waals surface area contributed by atoms with Crippen LogP contribution in [-0.4, -0.2) is 29.1 Å². The molecule has 4 atom stereocenters. The third kappa shape index (κ3) is 8.26. The zero-order valence-corrected chi connectivity index (χ0v) is 21.3. The van der Waals surface area contributed by atoms with Gasteiger partial charge in [-0.15, -0.1) is 0 Å². The first-order valence-electron chi connectivity index (χ1n) is 12.3. The molecule has 1 heterocycles. The maximum absolute atomic E-state index is 13.1. The van der Waals surface area contributed by atoms with Gasteiger partial charge in [-0.3, -0.25) is 9.59 Å². The van der Waals surface area contributed by atoms with Crippen LogP contribution in [0.1, 0.15) is 85.6 Å². The quantitative estimate of drug-likeness (QED) is 0.407. The first-order valence-corrected chi connectivity index (χ1v) is 12.3. The molecule has 3 unspecified atom stereocenters. The summed E-state index contributed by atoms with van der Waals surface area (Å²) in [6.07, 6.45) is 7.19. The number of carbonyl (C=O) groups excluding carboxylic acids is 2. The summed E-state index contributed by atoms with van der Waals surface area (Å²) in [6, 6.07) is 10.0. The highest BCUT2D eigenvalue weighted by atomic mass is 16.5. The minimum Gasteiger partial charge on any atom is -0.457 e. The molecule has 4 nitrogen and oxygen atoms in total. The number of aliphatic hydroxyl groups is 1. The maximum atomic E-state index is 13.1. The molecule has 1 aromatic carbocycles. The number of hydrogen-bond donors (Lipinski definition) is 1. The number of ether oxygens (including phenoxy) is 1. The third-order valence-electron chi connectivity index (χ3n) is 7.02. The molecule has 0 saturated heterocycles. The van der Waals surface area contributed by atoms with E-state index in [4.69, 9.17) is 4.74 Å². The molecule has 0 aromatic heterocycles. The second-order valence-corrected chi connectivity index (χ2v) is 10.5. The fourth-order valence-corrected chi connectivity index (χ4v) is 4.54. The summed E-state index contributed by atoms with van der Waals surface area (Å²) >= 11 is 0. The largest absolute Gasteiger partial charge is 0.457 e. The molecule has 4 heteroatoms. The van der Waals surface area contributed by atoms with Gasteiger partial charge in [0.15, 0.2) is 0 Å². The van der Waals surface area contributed by atoms with Crippen molar-refractivity contribution in [3.05, 3.63) is 53.1 Å². The molecular formula is C29H42O4. The molecule has 1 aromatic rings. The lowest BCUT2D eigenvalue weighted by atomic mass is 9.74. The molecule has 0 fully saturated rings. The minimum atomic E-state index is -0.697. The first kappa shape index (κ1) is 27.0. The standard InChI is InChI=1S/C29H42O4/c1-20-11-10-12-21(2)27(31)23(4)28(32)29(5,6)18-17-26(30)33-25(16-15-20)22(3)19-24-13-8-7-9-14-24/h7-9,13-15,19,21,23,25,27,31H,10-12,16-18H2,1-6H3/b20-15-,22-19+/t21-,23?,25?,27?/m0/s1. The van der Waals surface area contributed by atoms with Crippen LogP contribution < -0.4 is 0 Å². The predicted octanol–water partition coefficient (Wildman–Crippen LogP) is 6.53. The number of allylic oxidation sites excluding steroid dienone is 1. The van der Waals surface area contributed by atoms with Crippen LogP contribution in [0.2, 0.25) is 0 Å². The van der Waals surface area contributed by atoms with Gasteiger partial charge in [-0.05, 0) is 56.6 Å². The predicted molar refractivity (Wildman–Crippen MR) is 135 cm³/mol. The van der Waals surface area contributed by atoms with E-state index in [-0.39, 0.29) is 30.2 Å². The van der Waals surface area contributed by atoms with Crippen molar-refractivity contribution in [1.82, 2.24) is 0 Å². The van der Waals surface area contributed by atoms with E-state index in [9.17, 15) is 14.7 Å². The third-order valence-corrected chi connectivity index (χ3v) is 7.02. The van der Waals surface area contributed by atoms with Crippen LogP contribution >= 0.6 is 0 Å². The van der Waals surface area contributed by atoms with Crippen LogP contribution in [0.15, 0.2) is 47.6 Å². The molecule has 2 rings (SSSR count). The number of Topliss-reactive ketones (excluding diaryl/α,β-unsaturated/α-hetero) is 1. The van der Waals surface area contributed by atoms with Crippen molar-refractivity contribution in [2.45, 2.75) is 92.3 Å². The monoisotopic (exact) mass is 454 g/mol. The Balaban J connectivity index is 2.27. The number of ketones is 1. The van der Waals surface area contributed by atoms with E-state index < -0.39 is 17.4 Å². The molecule has 1 aliphatic rings. The molecule has 0 bridgehead atoms. The number of aliphatic hydroxyl groups excluding tert-OH is 1. The Morgan fingerprint density at radius 2 is 1.79 bits per heavy atom. The molecule has 182 valence electrons. The normalized spacial score (nSPS) is 30.3. The number of cyclic esters (lactones) is 1. The fraction of sp³-hybridized carbons (Fsp3) is 0.586. The van der Waals surface area contributed by atoms with Gasteiger partial charge in [-0.1, -0.05) is 75.8 Å². The van der Waals surface area contributed by atoms with Crippen molar-refractivity contribution in [2.24, 2.45) is 17.3 Å². The first-order chi connectivity index (χ1) is 15.5. The Kier molecular flexibility index (Phi) is 10.1. The number of carbonyl (C=O) groups is 2. The average Bonchev–Trinajstić information content (AvgIpc) is 2.78. The van der Waals surface area contributed by atoms with E-state index in [0.717, 1.165) is 30.4 Å². The van der Waals surface area contributed by atoms with Crippen molar-refractivity contribution in [3.8, 4) is 0 Å². The van der Waals surface area contributed by atoms with Crippen LogP contribution in [0.3, 0.4) is 0 Å². The Morgan fingerprint density at radius 3 is 2.45 bits per heavy atom. The summed E-state index contributed by atoms with van der Waals surface area (Å²) in [5.74, 6) is -0.690. The zero-order valence-electron chi connectivity index (χ0n) is 21.3. The minimum absolute atomic E-state index is 0.00882. The van der Waals surface area contributed by atoms with E-state index in [0.29, 0.717) is 12.8 Å². The molecule has 0 aliphatic carbocycles. The van der Waals surface area contributed by atoms with Crippen LogP contribution in [0, 0.1) is 17.3 Å². The number of esters is 1. The summed E-state index contributed by atoms with van der Waals surface area (Å²) in [7, 11) is 0. The number of rotatable bonds is 2. The zero-order chi connectivity index (χ0) is 24.6. The Labute approximate surface area is 200 Å². The molecule has 0 saturated carbocycles. The summed E-state index contributed by atoms with van der Waals surface area (Å²) in [6.45, 7) is 11.7. The van der Waals surface area contributed by atoms with Crippen molar-refractivity contribution >= 4 is 17.8 Å². The highest BCUT2D eigenvalue weighted by molar-refractivity contribution is 5.87. The van der Waals surface area contributed by atoms with Gasteiger partial charge in [0.2, 0.25) is 0 Å². The summed E-state index contributed by atoms with van der Waals surface area (Å²) in [4.78, 5) is 25.9. The number of hydrogen-bond acceptors (Lipinski definition) is 4. The van der Waals surface area contributed by atoms with Gasteiger partial charge < -0.3 is 9.84 Å². The van der Waals surface area contributed by atoms with Crippen molar-refractivity contribution in [2.75, 3.05) is 0 Å². The van der Waals surface area contributed by atoms with E-state index >= 15 is 0 Å². The fourth-order valence-electron chi connectivity index (χ4n) is 4.54. The van der Waals surface area contributed by atoms with Gasteiger partial charge in [0.05, 0.1) is 6.10 Å². The lowest BCUT2D eigenvalue weighted by molar-refractivity contribution is -0.148. The lowest BCUT2D eigenvalue weighted by Crippen LogP contribution is -2.39. The van der Waals surface area contributed by atoms with Gasteiger partial charge in [0.25, 0.3) is 0 Å². The van der Waals surface area contributed by atoms with E-state index in [1.54, 1.807) is 0 Å². The van der Waals surface area contributed by atoms with Crippen LogP contribution in [-0.2, 0) is 14.3 Å². The second kappa shape index (κ2) is 12.3. The highest BCUT2D eigenvalue weighted by Gasteiger charge is 2.36. The van der Waals surface area contributed by atoms with Gasteiger partial charge >= 0.3 is 5.97 Å². The van der Waals surface area contributed by atoms with Gasteiger partial charge in [-0.2, -0.15) is 0 Å². The molecular weight excluding hydrogens is 412 g/mol. The van der Waals surface area contributed by atoms with Crippen LogP contribution in [0.4, 0.5) is 0 Å². The smallest absolute Gasteiger partial charge is 0.306 e. The average molecular weight is 455 g/mol. The molecule has 1 N–H and O–H groups in total. The Hall–Kier alpha value is -2.20. The topological polar surface area (TPSA) is 63.6 Å². The van der Waals surface area contributed by atoms with Gasteiger partial charge in [0, 0.05) is 24.2 Å². The van der Waals surface area contributed by atoms with Crippen LogP contribution in [0.25, 0.3) is 6.08 Å². The summed E-state index contributed by atoms with van der Waals surface area (Å²) < 4.78 is 5.91. The summed E-state index contributed by atoms with van der Waals surface area (Å²) in [5, 5.41) is 10.8. The molecule has 33 heavy (non-hydrogen) atoms. The van der Waals surface area contributed by atoms with E-state index in [1.165, 1.54) is 5.57 Å². The van der Waals surface area contributed by atoms with Crippen LogP contribution in [0.5, 0.6) is 0 Å². The second-order valence-electron chi connectivity index (χ2n) is 10.5. The summed E-state index contributed by atoms with van der Waals surface area (Å²) in [5.41, 5.74) is 2.63. The molecule has 0 amide bonds. The van der Waals surface area contributed by atoms with Gasteiger partial charge in [-0.25, -0.2) is 0 Å². The Morgan fingerprint density at radius 1 is 1.12 bits per heavy atom. The lowest BCUT2D eigenvalue weighted by Gasteiger charge is -2.31. The molecule has 0 radical (unpaired) electrons. The van der Waals surface area contributed by atoms with Crippen molar-refractivity contribution in [3.63, 3.8) is 0 Å². The number of benzene rings is 1. The Bertz CT molecular complexity index is 850. The van der Waals surface area contributed by atoms with E-state index in [2.05, 4.69) is 19.1 Å². The maximum Gasteiger partial charge on any atom is 0.306 e. The molecule has 1 aliphatic heterocycles. The van der Waals surface area contributed by atoms with E-state index in [1.807, 2.05) is 65.0 Å². The van der Waals surface area contributed by atoms with Crippen molar-refractivity contribution < 1.29 is 19.4 Å².